The molecule has 1 N–H and O–H groups in total. The minimum Gasteiger partial charge on any atom is -0.497 e. The molecule has 1 fully saturated rings. The van der Waals surface area contributed by atoms with Crippen LogP contribution < -0.4 is 10.1 Å². The second kappa shape index (κ2) is 7.04. The molecule has 2 amide bonds. The Hall–Kier alpha value is -3.08. The number of nitrogens with zero attached hydrogens (tertiary/aromatic N) is 2. The number of nitrogens with one attached hydrogen (secondary N) is 1. The number of urea groups is 1. The Morgan fingerprint density at radius 1 is 1.19 bits per heavy atom. The quantitative estimate of drug-likeness (QED) is 0.752. The maximum Gasteiger partial charge on any atom is 0.322 e. The molecular formula is C21H21N3O2. The number of benzene rings is 2. The SMILES string of the molecule is COc1ccc([C@@H]2CCCN2C(=O)Nc2cccc3cnccc23)cc1. The van der Waals surface area contributed by atoms with Crippen molar-refractivity contribution in [3.05, 3.63) is 66.5 Å². The number of pyridine rings is 1. The van der Waals surface area contributed by atoms with Gasteiger partial charge in [-0.25, -0.2) is 4.79 Å². The topological polar surface area (TPSA) is 54.5 Å². The first kappa shape index (κ1) is 16.4. The lowest BCUT2D eigenvalue weighted by atomic mass is 10.0. The molecule has 0 saturated carbocycles. The average Bonchev–Trinajstić information content (AvgIpc) is 3.18. The summed E-state index contributed by atoms with van der Waals surface area (Å²) in [5, 5.41) is 5.09. The number of amides is 2. The molecule has 4 rings (SSSR count). The summed E-state index contributed by atoms with van der Waals surface area (Å²) in [7, 11) is 1.66. The zero-order chi connectivity index (χ0) is 17.9. The van der Waals surface area contributed by atoms with Crippen molar-refractivity contribution in [2.45, 2.75) is 18.9 Å². The first-order valence-electron chi connectivity index (χ1n) is 8.80. The van der Waals surface area contributed by atoms with E-state index >= 15 is 0 Å². The summed E-state index contributed by atoms with van der Waals surface area (Å²) in [4.78, 5) is 19.0. The van der Waals surface area contributed by atoms with Gasteiger partial charge in [-0.1, -0.05) is 24.3 Å². The lowest BCUT2D eigenvalue weighted by Crippen LogP contribution is -2.34. The lowest BCUT2D eigenvalue weighted by Gasteiger charge is -2.25. The fourth-order valence-electron chi connectivity index (χ4n) is 3.60. The molecule has 1 atom stereocenters. The van der Waals surface area contributed by atoms with Crippen molar-refractivity contribution in [3.63, 3.8) is 0 Å². The van der Waals surface area contributed by atoms with E-state index in [2.05, 4.69) is 10.3 Å². The Bertz CT molecular complexity index is 919. The molecule has 1 aliphatic rings. The lowest BCUT2D eigenvalue weighted by molar-refractivity contribution is 0.207. The number of carbonyl (C=O) groups is 1. The van der Waals surface area contributed by atoms with Gasteiger partial charge in [0.05, 0.1) is 18.8 Å². The van der Waals surface area contributed by atoms with Crippen molar-refractivity contribution in [2.75, 3.05) is 19.0 Å². The molecule has 2 aromatic carbocycles. The van der Waals surface area contributed by atoms with Crippen LogP contribution in [-0.2, 0) is 0 Å². The van der Waals surface area contributed by atoms with E-state index in [0.29, 0.717) is 0 Å². The molecule has 5 nitrogen and oxygen atoms in total. The number of hydrogen-bond acceptors (Lipinski definition) is 3. The zero-order valence-corrected chi connectivity index (χ0v) is 14.7. The van der Waals surface area contributed by atoms with Crippen molar-refractivity contribution in [1.29, 1.82) is 0 Å². The molecule has 1 saturated heterocycles. The van der Waals surface area contributed by atoms with Crippen molar-refractivity contribution in [3.8, 4) is 5.75 Å². The van der Waals surface area contributed by atoms with Gasteiger partial charge in [0, 0.05) is 29.7 Å². The van der Waals surface area contributed by atoms with E-state index < -0.39 is 0 Å². The number of rotatable bonds is 3. The summed E-state index contributed by atoms with van der Waals surface area (Å²) >= 11 is 0. The minimum absolute atomic E-state index is 0.0624. The summed E-state index contributed by atoms with van der Waals surface area (Å²) < 4.78 is 5.23. The largest absolute Gasteiger partial charge is 0.497 e. The maximum atomic E-state index is 12.9. The van der Waals surface area contributed by atoms with E-state index in [1.54, 1.807) is 19.5 Å². The van der Waals surface area contributed by atoms with Gasteiger partial charge in [-0.3, -0.25) is 4.98 Å². The summed E-state index contributed by atoms with van der Waals surface area (Å²) in [6, 6.07) is 15.8. The Morgan fingerprint density at radius 3 is 2.85 bits per heavy atom. The van der Waals surface area contributed by atoms with Crippen molar-refractivity contribution >= 4 is 22.5 Å². The Kier molecular flexibility index (Phi) is 4.44. The third-order valence-electron chi connectivity index (χ3n) is 4.94. The summed E-state index contributed by atoms with van der Waals surface area (Å²) in [5.74, 6) is 0.826. The van der Waals surface area contributed by atoms with Gasteiger partial charge >= 0.3 is 6.03 Å². The predicted molar refractivity (Wildman–Crippen MR) is 102 cm³/mol. The Morgan fingerprint density at radius 2 is 2.04 bits per heavy atom. The highest BCUT2D eigenvalue weighted by Gasteiger charge is 2.30. The third-order valence-corrected chi connectivity index (χ3v) is 4.94. The molecule has 26 heavy (non-hydrogen) atoms. The van der Waals surface area contributed by atoms with Gasteiger partial charge in [-0.2, -0.15) is 0 Å². The Labute approximate surface area is 152 Å². The molecule has 0 bridgehead atoms. The normalized spacial score (nSPS) is 16.7. The second-order valence-electron chi connectivity index (χ2n) is 6.46. The number of ether oxygens (including phenoxy) is 1. The van der Waals surface area contributed by atoms with Crippen LogP contribution in [0.3, 0.4) is 0 Å². The number of anilines is 1. The van der Waals surface area contributed by atoms with Gasteiger partial charge in [-0.05, 0) is 42.7 Å². The van der Waals surface area contributed by atoms with Crippen LogP contribution in [0.4, 0.5) is 10.5 Å². The van der Waals surface area contributed by atoms with Crippen LogP contribution in [0.2, 0.25) is 0 Å². The molecule has 1 aromatic heterocycles. The van der Waals surface area contributed by atoms with Crippen LogP contribution in [0.25, 0.3) is 10.8 Å². The number of likely N-dealkylation sites (tertiary alicyclic amines) is 1. The van der Waals surface area contributed by atoms with Crippen LogP contribution in [0, 0.1) is 0 Å². The van der Waals surface area contributed by atoms with Gasteiger partial charge < -0.3 is 15.0 Å². The predicted octanol–water partition coefficient (Wildman–Crippen LogP) is 4.61. The van der Waals surface area contributed by atoms with Crippen molar-refractivity contribution in [2.24, 2.45) is 0 Å². The van der Waals surface area contributed by atoms with Crippen LogP contribution in [-0.4, -0.2) is 29.6 Å². The van der Waals surface area contributed by atoms with Gasteiger partial charge in [-0.15, -0.1) is 0 Å². The van der Waals surface area contributed by atoms with Gasteiger partial charge in [0.25, 0.3) is 0 Å². The number of fused-ring (bicyclic) bond motifs is 1. The van der Waals surface area contributed by atoms with E-state index in [9.17, 15) is 4.79 Å². The molecule has 2 heterocycles. The van der Waals surface area contributed by atoms with Crippen molar-refractivity contribution in [1.82, 2.24) is 9.88 Å². The van der Waals surface area contributed by atoms with Gasteiger partial charge in [0.15, 0.2) is 0 Å². The fourth-order valence-corrected chi connectivity index (χ4v) is 3.60. The van der Waals surface area contributed by atoms with Gasteiger partial charge in [0.2, 0.25) is 0 Å². The highest BCUT2D eigenvalue weighted by atomic mass is 16.5. The monoisotopic (exact) mass is 347 g/mol. The highest BCUT2D eigenvalue weighted by molar-refractivity contribution is 6.01. The summed E-state index contributed by atoms with van der Waals surface area (Å²) in [6.07, 6.45) is 5.53. The highest BCUT2D eigenvalue weighted by Crippen LogP contribution is 2.33. The fraction of sp³-hybridized carbons (Fsp3) is 0.238. The number of aromatic nitrogens is 1. The van der Waals surface area contributed by atoms with Gasteiger partial charge in [0.1, 0.15) is 5.75 Å². The molecular weight excluding hydrogens is 326 g/mol. The maximum absolute atomic E-state index is 12.9. The number of hydrogen-bond donors (Lipinski definition) is 1. The molecule has 0 aliphatic carbocycles. The molecule has 0 radical (unpaired) electrons. The molecule has 3 aromatic rings. The second-order valence-corrected chi connectivity index (χ2v) is 6.46. The average molecular weight is 347 g/mol. The molecule has 1 aliphatic heterocycles. The number of methoxy groups -OCH3 is 1. The standard InChI is InChI=1S/C21H21N3O2/c1-26-17-9-7-15(8-10-17)20-6-3-13-24(20)21(25)23-19-5-2-4-16-14-22-12-11-18(16)19/h2,4-5,7-12,14,20H,3,6,13H2,1H3,(H,23,25)/t20-/m0/s1. The Balaban J connectivity index is 1.56. The molecule has 0 unspecified atom stereocenters. The molecule has 132 valence electrons. The minimum atomic E-state index is -0.0624. The first-order valence-corrected chi connectivity index (χ1v) is 8.80. The van der Waals surface area contributed by atoms with Crippen LogP contribution >= 0.6 is 0 Å². The van der Waals surface area contributed by atoms with E-state index in [1.807, 2.05) is 53.4 Å². The smallest absolute Gasteiger partial charge is 0.322 e. The van der Waals surface area contributed by atoms with E-state index in [1.165, 1.54) is 0 Å². The summed E-state index contributed by atoms with van der Waals surface area (Å²) in [6.45, 7) is 0.759. The zero-order valence-electron chi connectivity index (χ0n) is 14.7. The van der Waals surface area contributed by atoms with E-state index in [0.717, 1.165) is 47.2 Å². The van der Waals surface area contributed by atoms with Crippen LogP contribution in [0.15, 0.2) is 60.9 Å². The van der Waals surface area contributed by atoms with Crippen LogP contribution in [0.5, 0.6) is 5.75 Å². The third kappa shape index (κ3) is 3.08. The molecule has 0 spiro atoms. The van der Waals surface area contributed by atoms with E-state index in [-0.39, 0.29) is 12.1 Å². The van der Waals surface area contributed by atoms with E-state index in [4.69, 9.17) is 4.74 Å². The van der Waals surface area contributed by atoms with Crippen molar-refractivity contribution < 1.29 is 9.53 Å². The summed E-state index contributed by atoms with van der Waals surface area (Å²) in [5.41, 5.74) is 1.95. The molecule has 5 heteroatoms. The number of carbonyl (C=O) groups excluding carboxylic acids is 1. The first-order chi connectivity index (χ1) is 12.8. The van der Waals surface area contributed by atoms with Crippen LogP contribution in [0.1, 0.15) is 24.4 Å².